The van der Waals surface area contributed by atoms with Crippen LogP contribution in [0.1, 0.15) is 54.1 Å². The van der Waals surface area contributed by atoms with Gasteiger partial charge in [-0.1, -0.05) is 30.3 Å². The van der Waals surface area contributed by atoms with E-state index < -0.39 is 5.66 Å². The summed E-state index contributed by atoms with van der Waals surface area (Å²) in [6.45, 7) is 7.18. The summed E-state index contributed by atoms with van der Waals surface area (Å²) in [6, 6.07) is 13.3. The number of ether oxygens (including phenoxy) is 1. The molecule has 2 heterocycles. The zero-order chi connectivity index (χ0) is 23.6. The lowest BCUT2D eigenvalue weighted by atomic mass is 9.98. The van der Waals surface area contributed by atoms with Gasteiger partial charge in [0.25, 0.3) is 5.91 Å². The van der Waals surface area contributed by atoms with Gasteiger partial charge in [0.05, 0.1) is 17.8 Å². The van der Waals surface area contributed by atoms with E-state index in [1.165, 1.54) is 0 Å². The van der Waals surface area contributed by atoms with Crippen LogP contribution in [0, 0.1) is 13.8 Å². The molecule has 0 saturated carbocycles. The van der Waals surface area contributed by atoms with Crippen LogP contribution >= 0.6 is 0 Å². The van der Waals surface area contributed by atoms with Gasteiger partial charge in [-0.25, -0.2) is 0 Å². The second kappa shape index (κ2) is 9.25. The number of carbonyl (C=O) groups is 3. The van der Waals surface area contributed by atoms with Gasteiger partial charge in [0, 0.05) is 19.4 Å². The van der Waals surface area contributed by atoms with Gasteiger partial charge in [0.2, 0.25) is 11.8 Å². The summed E-state index contributed by atoms with van der Waals surface area (Å²) >= 11 is 0. The zero-order valence-corrected chi connectivity index (χ0v) is 19.5. The van der Waals surface area contributed by atoms with E-state index in [1.807, 2.05) is 57.2 Å². The number of benzene rings is 2. The highest BCUT2D eigenvalue weighted by molar-refractivity contribution is 6.10. The maximum Gasteiger partial charge on any atom is 0.257 e. The monoisotopic (exact) mass is 449 g/mol. The minimum atomic E-state index is -0.682. The molecule has 0 radical (unpaired) electrons. The fourth-order valence-electron chi connectivity index (χ4n) is 4.90. The standard InChI is InChI=1S/C26H31N3O4/c1-18-8-6-9-19(2)24(18)33-17-15-27-22(30)12-7-16-28-25(32)20-10-4-5-11-21(20)29-23(31)13-14-26(28,29)3/h4-6,8-11H,7,12-17H2,1-3H3,(H,27,30). The minimum Gasteiger partial charge on any atom is -0.491 e. The molecular formula is C26H31N3O4. The topological polar surface area (TPSA) is 79.0 Å². The number of amides is 3. The summed E-state index contributed by atoms with van der Waals surface area (Å²) in [5.41, 5.74) is 2.69. The maximum absolute atomic E-state index is 13.2. The zero-order valence-electron chi connectivity index (χ0n) is 19.5. The Bertz CT molecular complexity index is 1060. The molecule has 2 aromatic rings. The number of hydrogen-bond acceptors (Lipinski definition) is 4. The van der Waals surface area contributed by atoms with Crippen molar-refractivity contribution in [2.24, 2.45) is 0 Å². The van der Waals surface area contributed by atoms with Crippen molar-refractivity contribution in [3.05, 3.63) is 59.2 Å². The van der Waals surface area contributed by atoms with E-state index in [4.69, 9.17) is 4.74 Å². The molecule has 33 heavy (non-hydrogen) atoms. The normalized spacial score (nSPS) is 19.4. The average molecular weight is 450 g/mol. The fourth-order valence-corrected chi connectivity index (χ4v) is 4.90. The molecule has 1 atom stereocenters. The number of rotatable bonds is 8. The first-order valence-electron chi connectivity index (χ1n) is 11.5. The Morgan fingerprint density at radius 1 is 1.09 bits per heavy atom. The smallest absolute Gasteiger partial charge is 0.257 e. The number of para-hydroxylation sites is 2. The van der Waals surface area contributed by atoms with Crippen molar-refractivity contribution in [1.29, 1.82) is 0 Å². The van der Waals surface area contributed by atoms with Crippen molar-refractivity contribution >= 4 is 23.4 Å². The van der Waals surface area contributed by atoms with Gasteiger partial charge in [-0.05, 0) is 56.9 Å². The van der Waals surface area contributed by atoms with Crippen LogP contribution < -0.4 is 15.0 Å². The Balaban J connectivity index is 1.30. The predicted molar refractivity (Wildman–Crippen MR) is 126 cm³/mol. The lowest BCUT2D eigenvalue weighted by Crippen LogP contribution is -2.62. The number of hydrogen-bond donors (Lipinski definition) is 1. The van der Waals surface area contributed by atoms with Gasteiger partial charge >= 0.3 is 0 Å². The van der Waals surface area contributed by atoms with E-state index >= 15 is 0 Å². The third-order valence-electron chi connectivity index (χ3n) is 6.61. The van der Waals surface area contributed by atoms with Crippen molar-refractivity contribution < 1.29 is 19.1 Å². The first-order chi connectivity index (χ1) is 15.8. The Kier molecular flexibility index (Phi) is 6.40. The van der Waals surface area contributed by atoms with Crippen molar-refractivity contribution in [2.45, 2.75) is 52.1 Å². The quantitative estimate of drug-likeness (QED) is 0.625. The number of aryl methyl sites for hydroxylation is 2. The van der Waals surface area contributed by atoms with Gasteiger partial charge in [0.1, 0.15) is 18.0 Å². The first-order valence-corrected chi connectivity index (χ1v) is 11.5. The molecule has 0 bridgehead atoms. The molecule has 2 aliphatic heterocycles. The van der Waals surface area contributed by atoms with Crippen molar-refractivity contribution in [3.8, 4) is 5.75 Å². The summed E-state index contributed by atoms with van der Waals surface area (Å²) in [7, 11) is 0. The molecule has 7 heteroatoms. The van der Waals surface area contributed by atoms with Gasteiger partial charge in [-0.3, -0.25) is 19.3 Å². The lowest BCUT2D eigenvalue weighted by molar-refractivity contribution is -0.121. The van der Waals surface area contributed by atoms with Crippen LogP contribution in [0.4, 0.5) is 5.69 Å². The average Bonchev–Trinajstić information content (AvgIpc) is 3.10. The van der Waals surface area contributed by atoms with Gasteiger partial charge in [0.15, 0.2) is 0 Å². The molecule has 0 aromatic heterocycles. The van der Waals surface area contributed by atoms with Crippen LogP contribution in [-0.4, -0.2) is 48.0 Å². The molecule has 1 saturated heterocycles. The van der Waals surface area contributed by atoms with E-state index in [0.29, 0.717) is 56.6 Å². The number of nitrogens with one attached hydrogen (secondary N) is 1. The van der Waals surface area contributed by atoms with Crippen LogP contribution in [0.25, 0.3) is 0 Å². The second-order valence-corrected chi connectivity index (χ2v) is 8.94. The number of nitrogens with zero attached hydrogens (tertiary/aromatic N) is 2. The molecule has 1 fully saturated rings. The highest BCUT2D eigenvalue weighted by Gasteiger charge is 2.52. The van der Waals surface area contributed by atoms with Crippen LogP contribution in [-0.2, 0) is 9.59 Å². The number of fused-ring (bicyclic) bond motifs is 3. The van der Waals surface area contributed by atoms with Crippen LogP contribution in [0.2, 0.25) is 0 Å². The predicted octanol–water partition coefficient (Wildman–Crippen LogP) is 3.58. The third kappa shape index (κ3) is 4.32. The first kappa shape index (κ1) is 22.8. The summed E-state index contributed by atoms with van der Waals surface area (Å²) < 4.78 is 5.83. The number of carbonyl (C=O) groups excluding carboxylic acids is 3. The molecule has 4 rings (SSSR count). The van der Waals surface area contributed by atoms with E-state index in [0.717, 1.165) is 16.9 Å². The summed E-state index contributed by atoms with van der Waals surface area (Å²) in [6.07, 6.45) is 1.83. The van der Waals surface area contributed by atoms with Gasteiger partial charge in [-0.15, -0.1) is 0 Å². The van der Waals surface area contributed by atoms with E-state index in [1.54, 1.807) is 15.9 Å². The summed E-state index contributed by atoms with van der Waals surface area (Å²) in [5, 5.41) is 2.89. The highest BCUT2D eigenvalue weighted by atomic mass is 16.5. The lowest BCUT2D eigenvalue weighted by Gasteiger charge is -2.48. The molecular weight excluding hydrogens is 418 g/mol. The molecule has 7 nitrogen and oxygen atoms in total. The summed E-state index contributed by atoms with van der Waals surface area (Å²) in [4.78, 5) is 41.7. The van der Waals surface area contributed by atoms with Gasteiger partial charge in [-0.2, -0.15) is 0 Å². The molecule has 0 spiro atoms. The van der Waals surface area contributed by atoms with E-state index in [-0.39, 0.29) is 17.7 Å². The molecule has 1 unspecified atom stereocenters. The SMILES string of the molecule is Cc1cccc(C)c1OCCNC(=O)CCCN1C(=O)c2ccccc2N2C(=O)CCC12C. The van der Waals surface area contributed by atoms with E-state index in [9.17, 15) is 14.4 Å². The van der Waals surface area contributed by atoms with Crippen molar-refractivity contribution in [2.75, 3.05) is 24.6 Å². The molecule has 3 amide bonds. The highest BCUT2D eigenvalue weighted by Crippen LogP contribution is 2.44. The molecule has 2 aromatic carbocycles. The molecule has 1 N–H and O–H groups in total. The van der Waals surface area contributed by atoms with Gasteiger partial charge < -0.3 is 15.0 Å². The summed E-state index contributed by atoms with van der Waals surface area (Å²) in [5.74, 6) is 0.736. The van der Waals surface area contributed by atoms with Crippen LogP contribution in [0.3, 0.4) is 0 Å². The number of anilines is 1. The third-order valence-corrected chi connectivity index (χ3v) is 6.61. The molecule has 2 aliphatic rings. The van der Waals surface area contributed by atoms with Crippen molar-refractivity contribution in [3.63, 3.8) is 0 Å². The Hall–Kier alpha value is -3.35. The van der Waals surface area contributed by atoms with Crippen molar-refractivity contribution in [1.82, 2.24) is 10.2 Å². The largest absolute Gasteiger partial charge is 0.491 e. The maximum atomic E-state index is 13.2. The Morgan fingerprint density at radius 2 is 1.82 bits per heavy atom. The van der Waals surface area contributed by atoms with Crippen LogP contribution in [0.5, 0.6) is 5.75 Å². The Morgan fingerprint density at radius 3 is 2.58 bits per heavy atom. The minimum absolute atomic E-state index is 0.0316. The van der Waals surface area contributed by atoms with Crippen LogP contribution in [0.15, 0.2) is 42.5 Å². The molecule has 0 aliphatic carbocycles. The molecule has 174 valence electrons. The van der Waals surface area contributed by atoms with E-state index in [2.05, 4.69) is 5.32 Å². The Labute approximate surface area is 194 Å². The second-order valence-electron chi connectivity index (χ2n) is 8.94. The fraction of sp³-hybridized carbons (Fsp3) is 0.423.